The van der Waals surface area contributed by atoms with Gasteiger partial charge in [0.25, 0.3) is 0 Å². The fourth-order valence-corrected chi connectivity index (χ4v) is 2.31. The molecule has 0 aromatic heterocycles. The molecule has 22 heavy (non-hydrogen) atoms. The van der Waals surface area contributed by atoms with E-state index >= 15 is 0 Å². The quantitative estimate of drug-likeness (QED) is 0.923. The van der Waals surface area contributed by atoms with Crippen LogP contribution in [0.1, 0.15) is 17.2 Å². The molecule has 6 heteroatoms. The molecule has 0 aliphatic rings. The van der Waals surface area contributed by atoms with E-state index in [1.165, 1.54) is 24.3 Å². The lowest BCUT2D eigenvalue weighted by molar-refractivity contribution is -0.149. The molecule has 0 spiro atoms. The van der Waals surface area contributed by atoms with Gasteiger partial charge in [-0.15, -0.1) is 0 Å². The molecule has 1 atom stereocenters. The van der Waals surface area contributed by atoms with Crippen molar-refractivity contribution in [3.63, 3.8) is 0 Å². The standard InChI is InChI=1S/C16H13F3O3/c1-22-14(15(20)21)11-8-5-9-12(16(17,18)19)13(11)10-6-3-2-4-7-10/h2-9,14H,1H3,(H,20,21). The van der Waals surface area contributed by atoms with Crippen molar-refractivity contribution < 1.29 is 27.8 Å². The van der Waals surface area contributed by atoms with Gasteiger partial charge in [0.1, 0.15) is 0 Å². The maximum absolute atomic E-state index is 13.3. The van der Waals surface area contributed by atoms with E-state index in [4.69, 9.17) is 4.74 Å². The van der Waals surface area contributed by atoms with Gasteiger partial charge in [-0.25, -0.2) is 4.79 Å². The third-order valence-corrected chi connectivity index (χ3v) is 3.21. The fourth-order valence-electron chi connectivity index (χ4n) is 2.31. The zero-order chi connectivity index (χ0) is 16.3. The molecule has 0 aliphatic heterocycles. The predicted octanol–water partition coefficient (Wildman–Crippen LogP) is 4.14. The highest BCUT2D eigenvalue weighted by molar-refractivity contribution is 5.81. The van der Waals surface area contributed by atoms with Gasteiger partial charge in [-0.2, -0.15) is 13.2 Å². The number of ether oxygens (including phenoxy) is 1. The SMILES string of the molecule is COC(C(=O)O)c1cccc(C(F)(F)F)c1-c1ccccc1. The average molecular weight is 310 g/mol. The molecule has 0 saturated carbocycles. The van der Waals surface area contributed by atoms with Crippen molar-refractivity contribution in [2.75, 3.05) is 7.11 Å². The highest BCUT2D eigenvalue weighted by Gasteiger charge is 2.36. The summed E-state index contributed by atoms with van der Waals surface area (Å²) in [6, 6.07) is 11.3. The maximum atomic E-state index is 13.3. The number of hydrogen-bond acceptors (Lipinski definition) is 2. The van der Waals surface area contributed by atoms with Crippen molar-refractivity contribution in [2.45, 2.75) is 12.3 Å². The second kappa shape index (κ2) is 6.19. The Balaban J connectivity index is 2.77. The first kappa shape index (κ1) is 16.0. The highest BCUT2D eigenvalue weighted by Crippen LogP contribution is 2.41. The normalized spacial score (nSPS) is 12.9. The van der Waals surface area contributed by atoms with E-state index in [0.29, 0.717) is 0 Å². The van der Waals surface area contributed by atoms with E-state index in [0.717, 1.165) is 13.2 Å². The number of alkyl halides is 3. The lowest BCUT2D eigenvalue weighted by Crippen LogP contribution is -2.17. The number of rotatable bonds is 4. The smallest absolute Gasteiger partial charge is 0.417 e. The van der Waals surface area contributed by atoms with Gasteiger partial charge in [0, 0.05) is 18.2 Å². The van der Waals surface area contributed by atoms with Crippen molar-refractivity contribution in [1.29, 1.82) is 0 Å². The number of benzene rings is 2. The second-order valence-corrected chi connectivity index (χ2v) is 4.59. The van der Waals surface area contributed by atoms with Crippen molar-refractivity contribution in [2.24, 2.45) is 0 Å². The Bertz CT molecular complexity index is 666. The number of carboxylic acid groups (broad SMARTS) is 1. The molecule has 0 saturated heterocycles. The summed E-state index contributed by atoms with van der Waals surface area (Å²) >= 11 is 0. The van der Waals surface area contributed by atoms with Gasteiger partial charge >= 0.3 is 12.1 Å². The summed E-state index contributed by atoms with van der Waals surface area (Å²) < 4.78 is 44.7. The Morgan fingerprint density at radius 1 is 1.09 bits per heavy atom. The summed E-state index contributed by atoms with van der Waals surface area (Å²) in [5.41, 5.74) is -0.811. The van der Waals surface area contributed by atoms with Gasteiger partial charge in [-0.1, -0.05) is 42.5 Å². The van der Waals surface area contributed by atoms with Gasteiger partial charge < -0.3 is 9.84 Å². The Kier molecular flexibility index (Phi) is 4.51. The molecule has 0 aliphatic carbocycles. The van der Waals surface area contributed by atoms with Gasteiger partial charge in [0.2, 0.25) is 0 Å². The Morgan fingerprint density at radius 3 is 2.23 bits per heavy atom. The van der Waals surface area contributed by atoms with Gasteiger partial charge in [0.15, 0.2) is 6.10 Å². The molecular formula is C16H13F3O3. The average Bonchev–Trinajstić information content (AvgIpc) is 2.47. The molecule has 1 unspecified atom stereocenters. The van der Waals surface area contributed by atoms with Crippen LogP contribution in [0, 0.1) is 0 Å². The zero-order valence-corrected chi connectivity index (χ0v) is 11.6. The minimum absolute atomic E-state index is 0.0315. The number of hydrogen-bond donors (Lipinski definition) is 1. The van der Waals surface area contributed by atoms with Crippen LogP contribution in [0.5, 0.6) is 0 Å². The molecule has 0 radical (unpaired) electrons. The van der Waals surface area contributed by atoms with Crippen LogP contribution in [-0.4, -0.2) is 18.2 Å². The largest absolute Gasteiger partial charge is 0.479 e. The number of carbonyl (C=O) groups is 1. The van der Waals surface area contributed by atoms with Crippen LogP contribution < -0.4 is 0 Å². The van der Waals surface area contributed by atoms with Crippen molar-refractivity contribution in [3.8, 4) is 11.1 Å². The molecule has 0 heterocycles. The highest BCUT2D eigenvalue weighted by atomic mass is 19.4. The molecule has 0 amide bonds. The van der Waals surface area contributed by atoms with E-state index in [-0.39, 0.29) is 16.7 Å². The van der Waals surface area contributed by atoms with E-state index in [1.807, 2.05) is 0 Å². The monoisotopic (exact) mass is 310 g/mol. The number of halogens is 3. The molecule has 2 aromatic carbocycles. The minimum Gasteiger partial charge on any atom is -0.479 e. The van der Waals surface area contributed by atoms with Crippen LogP contribution in [0.2, 0.25) is 0 Å². The summed E-state index contributed by atoms with van der Waals surface area (Å²) in [6.45, 7) is 0. The summed E-state index contributed by atoms with van der Waals surface area (Å²) in [7, 11) is 1.15. The van der Waals surface area contributed by atoms with Crippen LogP contribution in [0.25, 0.3) is 11.1 Å². The summed E-state index contributed by atoms with van der Waals surface area (Å²) in [5, 5.41) is 9.19. The lowest BCUT2D eigenvalue weighted by Gasteiger charge is -2.20. The van der Waals surface area contributed by atoms with Crippen LogP contribution in [0.15, 0.2) is 48.5 Å². The summed E-state index contributed by atoms with van der Waals surface area (Å²) in [5.74, 6) is -1.35. The summed E-state index contributed by atoms with van der Waals surface area (Å²) in [6.07, 6.45) is -6.07. The molecule has 2 rings (SSSR count). The van der Waals surface area contributed by atoms with Crippen LogP contribution in [0.4, 0.5) is 13.2 Å². The second-order valence-electron chi connectivity index (χ2n) is 4.59. The van der Waals surface area contributed by atoms with Crippen molar-refractivity contribution >= 4 is 5.97 Å². The van der Waals surface area contributed by atoms with Crippen LogP contribution >= 0.6 is 0 Å². The third-order valence-electron chi connectivity index (χ3n) is 3.21. The van der Waals surface area contributed by atoms with Crippen LogP contribution in [-0.2, 0) is 15.7 Å². The van der Waals surface area contributed by atoms with E-state index in [2.05, 4.69) is 0 Å². The molecule has 1 N–H and O–H groups in total. The molecule has 0 fully saturated rings. The third kappa shape index (κ3) is 3.12. The van der Waals surface area contributed by atoms with E-state index in [1.54, 1.807) is 18.2 Å². The predicted molar refractivity (Wildman–Crippen MR) is 74.3 cm³/mol. The number of methoxy groups -OCH3 is 1. The fraction of sp³-hybridized carbons (Fsp3) is 0.188. The molecular weight excluding hydrogens is 297 g/mol. The molecule has 0 bridgehead atoms. The van der Waals surface area contributed by atoms with Crippen LogP contribution in [0.3, 0.4) is 0 Å². The van der Waals surface area contributed by atoms with E-state index in [9.17, 15) is 23.1 Å². The Morgan fingerprint density at radius 2 is 1.73 bits per heavy atom. The van der Waals surface area contributed by atoms with Gasteiger partial charge in [-0.05, 0) is 11.6 Å². The van der Waals surface area contributed by atoms with Gasteiger partial charge in [0.05, 0.1) is 5.56 Å². The first-order valence-electron chi connectivity index (χ1n) is 6.37. The van der Waals surface area contributed by atoms with Gasteiger partial charge in [-0.3, -0.25) is 0 Å². The molecule has 2 aromatic rings. The lowest BCUT2D eigenvalue weighted by atomic mass is 9.91. The summed E-state index contributed by atoms with van der Waals surface area (Å²) in [4.78, 5) is 11.3. The molecule has 3 nitrogen and oxygen atoms in total. The number of aliphatic carboxylic acids is 1. The Labute approximate surface area is 125 Å². The zero-order valence-electron chi connectivity index (χ0n) is 11.6. The van der Waals surface area contributed by atoms with Crippen molar-refractivity contribution in [1.82, 2.24) is 0 Å². The first-order chi connectivity index (χ1) is 10.4. The van der Waals surface area contributed by atoms with E-state index < -0.39 is 23.8 Å². The topological polar surface area (TPSA) is 46.5 Å². The first-order valence-corrected chi connectivity index (χ1v) is 6.37. The van der Waals surface area contributed by atoms with Crippen molar-refractivity contribution in [3.05, 3.63) is 59.7 Å². The Hall–Kier alpha value is -2.34. The number of carboxylic acids is 1. The minimum atomic E-state index is -4.60. The maximum Gasteiger partial charge on any atom is 0.417 e. The molecule has 116 valence electrons.